The second kappa shape index (κ2) is 7.59. The molecule has 1 amide bonds. The highest BCUT2D eigenvalue weighted by atomic mass is 19.1. The van der Waals surface area contributed by atoms with Gasteiger partial charge < -0.3 is 15.1 Å². The van der Waals surface area contributed by atoms with E-state index in [9.17, 15) is 14.0 Å². The summed E-state index contributed by atoms with van der Waals surface area (Å²) in [6.45, 7) is 5.21. The van der Waals surface area contributed by atoms with Crippen LogP contribution in [0.5, 0.6) is 0 Å². The van der Waals surface area contributed by atoms with Crippen LogP contribution < -0.4 is 15.8 Å². The molecule has 1 aromatic heterocycles. The van der Waals surface area contributed by atoms with E-state index in [2.05, 4.69) is 32.1 Å². The van der Waals surface area contributed by atoms with E-state index < -0.39 is 11.5 Å². The topological polar surface area (TPSA) is 81.3 Å². The van der Waals surface area contributed by atoms with Gasteiger partial charge in [-0.25, -0.2) is 9.37 Å². The molecule has 0 bridgehead atoms. The number of nitrogens with one attached hydrogen (secondary N) is 2. The SMILES string of the molecule is C[C@@H](NC(=O)C1(c2ccc(F)cc2)CC1)c1cc(=O)[nH]c(N2CCN(C)CC2)n1. The lowest BCUT2D eigenvalue weighted by atomic mass is 9.94. The van der Waals surface area contributed by atoms with E-state index in [0.717, 1.165) is 44.6 Å². The van der Waals surface area contributed by atoms with Crippen molar-refractivity contribution in [3.8, 4) is 0 Å². The number of carbonyl (C=O) groups is 1. The minimum absolute atomic E-state index is 0.111. The second-order valence-electron chi connectivity index (χ2n) is 8.07. The molecule has 4 rings (SSSR count). The van der Waals surface area contributed by atoms with Gasteiger partial charge in [0.1, 0.15) is 5.82 Å². The van der Waals surface area contributed by atoms with Crippen LogP contribution in [0.25, 0.3) is 0 Å². The molecule has 1 atom stereocenters. The molecule has 2 fully saturated rings. The van der Waals surface area contributed by atoms with Crippen LogP contribution in [0.2, 0.25) is 0 Å². The van der Waals surface area contributed by atoms with Crippen molar-refractivity contribution in [3.63, 3.8) is 0 Å². The minimum atomic E-state index is -0.608. The van der Waals surface area contributed by atoms with Gasteiger partial charge in [-0.2, -0.15) is 0 Å². The number of hydrogen-bond acceptors (Lipinski definition) is 5. The van der Waals surface area contributed by atoms with Crippen molar-refractivity contribution in [3.05, 3.63) is 57.8 Å². The van der Waals surface area contributed by atoms with Gasteiger partial charge in [0.05, 0.1) is 17.2 Å². The highest BCUT2D eigenvalue weighted by molar-refractivity contribution is 5.91. The van der Waals surface area contributed by atoms with Crippen molar-refractivity contribution in [2.45, 2.75) is 31.2 Å². The molecule has 2 N–H and O–H groups in total. The highest BCUT2D eigenvalue weighted by Gasteiger charge is 2.51. The Morgan fingerprint density at radius 2 is 1.86 bits per heavy atom. The maximum absolute atomic E-state index is 13.2. The number of halogens is 1. The number of carbonyl (C=O) groups excluding carboxylic acids is 1. The predicted molar refractivity (Wildman–Crippen MR) is 108 cm³/mol. The molecular weight excluding hydrogens is 373 g/mol. The van der Waals surface area contributed by atoms with Crippen LogP contribution in [0.3, 0.4) is 0 Å². The number of aromatic nitrogens is 2. The Bertz CT molecular complexity index is 946. The molecular formula is C21H26FN5O2. The molecule has 154 valence electrons. The van der Waals surface area contributed by atoms with Crippen LogP contribution in [0.15, 0.2) is 35.1 Å². The van der Waals surface area contributed by atoms with E-state index in [4.69, 9.17) is 0 Å². The van der Waals surface area contributed by atoms with Crippen molar-refractivity contribution in [1.82, 2.24) is 20.2 Å². The molecule has 0 unspecified atom stereocenters. The van der Waals surface area contributed by atoms with Gasteiger partial charge in [0.15, 0.2) is 0 Å². The zero-order valence-electron chi connectivity index (χ0n) is 16.7. The summed E-state index contributed by atoms with van der Waals surface area (Å²) in [4.78, 5) is 36.9. The third-order valence-electron chi connectivity index (χ3n) is 5.92. The van der Waals surface area contributed by atoms with Crippen LogP contribution in [0, 0.1) is 5.82 Å². The summed E-state index contributed by atoms with van der Waals surface area (Å²) in [5.41, 5.74) is 0.514. The number of piperazine rings is 1. The number of nitrogens with zero attached hydrogens (tertiary/aromatic N) is 3. The zero-order valence-corrected chi connectivity index (χ0v) is 16.7. The molecule has 1 aromatic carbocycles. The Hall–Kier alpha value is -2.74. The summed E-state index contributed by atoms with van der Waals surface area (Å²) in [7, 11) is 2.07. The van der Waals surface area contributed by atoms with Gasteiger partial charge in [-0.05, 0) is 44.5 Å². The van der Waals surface area contributed by atoms with Gasteiger partial charge in [-0.3, -0.25) is 14.6 Å². The molecule has 1 saturated carbocycles. The van der Waals surface area contributed by atoms with Crippen molar-refractivity contribution >= 4 is 11.9 Å². The van der Waals surface area contributed by atoms with Gasteiger partial charge in [0.2, 0.25) is 11.9 Å². The number of benzene rings is 1. The summed E-state index contributed by atoms with van der Waals surface area (Å²) in [6.07, 6.45) is 1.46. The molecule has 1 saturated heterocycles. The summed E-state index contributed by atoms with van der Waals surface area (Å²) < 4.78 is 13.2. The predicted octanol–water partition coefficient (Wildman–Crippen LogP) is 1.57. The minimum Gasteiger partial charge on any atom is -0.347 e. The summed E-state index contributed by atoms with van der Waals surface area (Å²) in [5, 5.41) is 3.00. The molecule has 2 heterocycles. The zero-order chi connectivity index (χ0) is 20.6. The Labute approximate surface area is 168 Å². The Balaban J connectivity index is 1.49. The van der Waals surface area contributed by atoms with Gasteiger partial charge in [-0.1, -0.05) is 12.1 Å². The molecule has 8 heteroatoms. The largest absolute Gasteiger partial charge is 0.347 e. The first-order valence-corrected chi connectivity index (χ1v) is 9.99. The van der Waals surface area contributed by atoms with Crippen LogP contribution in [-0.4, -0.2) is 54.0 Å². The van der Waals surface area contributed by atoms with E-state index in [1.807, 2.05) is 6.92 Å². The monoisotopic (exact) mass is 399 g/mol. The highest BCUT2D eigenvalue weighted by Crippen LogP contribution is 2.48. The van der Waals surface area contributed by atoms with Crippen molar-refractivity contribution in [1.29, 1.82) is 0 Å². The van der Waals surface area contributed by atoms with Crippen LogP contribution in [-0.2, 0) is 10.2 Å². The molecule has 1 aliphatic heterocycles. The van der Waals surface area contributed by atoms with E-state index in [1.54, 1.807) is 12.1 Å². The Morgan fingerprint density at radius 3 is 2.48 bits per heavy atom. The average molecular weight is 399 g/mol. The lowest BCUT2D eigenvalue weighted by Gasteiger charge is -2.33. The maximum atomic E-state index is 13.2. The fourth-order valence-corrected chi connectivity index (χ4v) is 3.80. The average Bonchev–Trinajstić information content (AvgIpc) is 3.50. The summed E-state index contributed by atoms with van der Waals surface area (Å²) >= 11 is 0. The molecule has 2 aromatic rings. The van der Waals surface area contributed by atoms with Gasteiger partial charge in [0.25, 0.3) is 5.56 Å². The van der Waals surface area contributed by atoms with Crippen molar-refractivity contribution in [2.24, 2.45) is 0 Å². The normalized spacial score (nSPS) is 19.6. The number of hydrogen-bond donors (Lipinski definition) is 2. The first kappa shape index (κ1) is 19.6. The molecule has 7 nitrogen and oxygen atoms in total. The van der Waals surface area contributed by atoms with E-state index >= 15 is 0 Å². The number of amides is 1. The smallest absolute Gasteiger partial charge is 0.252 e. The lowest BCUT2D eigenvalue weighted by molar-refractivity contribution is -0.124. The second-order valence-corrected chi connectivity index (χ2v) is 8.07. The molecule has 1 aliphatic carbocycles. The van der Waals surface area contributed by atoms with Gasteiger partial charge in [0, 0.05) is 32.2 Å². The van der Waals surface area contributed by atoms with Crippen LogP contribution in [0.1, 0.15) is 37.1 Å². The molecule has 29 heavy (non-hydrogen) atoms. The fourth-order valence-electron chi connectivity index (χ4n) is 3.80. The van der Waals surface area contributed by atoms with E-state index in [0.29, 0.717) is 11.6 Å². The Kier molecular flexibility index (Phi) is 5.12. The van der Waals surface area contributed by atoms with E-state index in [-0.39, 0.29) is 17.3 Å². The Morgan fingerprint density at radius 1 is 1.21 bits per heavy atom. The third kappa shape index (κ3) is 4.03. The number of H-pyrrole nitrogens is 1. The van der Waals surface area contributed by atoms with Crippen molar-refractivity contribution < 1.29 is 9.18 Å². The third-order valence-corrected chi connectivity index (χ3v) is 5.92. The summed E-state index contributed by atoms with van der Waals surface area (Å²) in [6, 6.07) is 7.13. The lowest BCUT2D eigenvalue weighted by Crippen LogP contribution is -2.45. The van der Waals surface area contributed by atoms with Gasteiger partial charge in [-0.15, -0.1) is 0 Å². The standard InChI is InChI=1S/C21H26FN5O2/c1-14(23-19(29)21(7-8-21)15-3-5-16(22)6-4-15)17-13-18(28)25-20(24-17)27-11-9-26(2)10-12-27/h3-6,13-14H,7-12H2,1-2H3,(H,23,29)(H,24,25,28)/t14-/m1/s1. The first-order valence-electron chi connectivity index (χ1n) is 9.99. The molecule has 0 spiro atoms. The number of anilines is 1. The maximum Gasteiger partial charge on any atom is 0.252 e. The van der Waals surface area contributed by atoms with Crippen LogP contribution in [0.4, 0.5) is 10.3 Å². The summed E-state index contributed by atoms with van der Waals surface area (Å²) in [5.74, 6) is 0.115. The van der Waals surface area contributed by atoms with Crippen LogP contribution >= 0.6 is 0 Å². The number of rotatable bonds is 5. The van der Waals surface area contributed by atoms with E-state index in [1.165, 1.54) is 18.2 Å². The molecule has 2 aliphatic rings. The number of likely N-dealkylation sites (N-methyl/N-ethyl adjacent to an activating group) is 1. The van der Waals surface area contributed by atoms with Gasteiger partial charge >= 0.3 is 0 Å². The molecule has 0 radical (unpaired) electrons. The quantitative estimate of drug-likeness (QED) is 0.798. The number of aromatic amines is 1. The fraction of sp³-hybridized carbons (Fsp3) is 0.476. The first-order chi connectivity index (χ1) is 13.9. The van der Waals surface area contributed by atoms with Crippen molar-refractivity contribution in [2.75, 3.05) is 38.1 Å².